The Morgan fingerprint density at radius 3 is 2.92 bits per heavy atom. The van der Waals surface area contributed by atoms with Gasteiger partial charge in [0.1, 0.15) is 0 Å². The normalized spacial score (nSPS) is 12.2. The van der Waals surface area contributed by atoms with E-state index in [2.05, 4.69) is 15.5 Å². The minimum Gasteiger partial charge on any atom is -0.454 e. The molecule has 3 aromatic rings. The van der Waals surface area contributed by atoms with Crippen molar-refractivity contribution in [3.8, 4) is 22.9 Å². The number of rotatable bonds is 4. The van der Waals surface area contributed by atoms with Crippen molar-refractivity contribution < 1.29 is 18.8 Å². The molecule has 0 radical (unpaired) electrons. The molecule has 25 heavy (non-hydrogen) atoms. The summed E-state index contributed by atoms with van der Waals surface area (Å²) in [6.07, 6.45) is 0. The Bertz CT molecular complexity index is 941. The van der Waals surface area contributed by atoms with Crippen molar-refractivity contribution in [1.82, 2.24) is 15.5 Å². The monoisotopic (exact) mass is 357 g/mol. The summed E-state index contributed by atoms with van der Waals surface area (Å²) in [4.78, 5) is 16.5. The van der Waals surface area contributed by atoms with Gasteiger partial charge in [0.25, 0.3) is 5.91 Å². The van der Waals surface area contributed by atoms with Gasteiger partial charge in [0, 0.05) is 16.1 Å². The number of fused-ring (bicyclic) bond motifs is 1. The molecule has 1 amide bonds. The second-order valence-corrected chi connectivity index (χ2v) is 5.71. The molecular formula is C17H12ClN3O4. The Morgan fingerprint density at radius 2 is 2.04 bits per heavy atom. The second kappa shape index (κ2) is 6.45. The Labute approximate surface area is 147 Å². The molecule has 7 nitrogen and oxygen atoms in total. The summed E-state index contributed by atoms with van der Waals surface area (Å²) in [5.41, 5.74) is 1.20. The van der Waals surface area contributed by atoms with E-state index in [9.17, 15) is 4.79 Å². The minimum atomic E-state index is -0.277. The molecule has 2 aromatic carbocycles. The number of ether oxygens (including phenoxy) is 2. The van der Waals surface area contributed by atoms with Gasteiger partial charge in [-0.3, -0.25) is 4.79 Å². The zero-order valence-electron chi connectivity index (χ0n) is 12.9. The van der Waals surface area contributed by atoms with Gasteiger partial charge < -0.3 is 19.3 Å². The van der Waals surface area contributed by atoms with E-state index in [1.54, 1.807) is 36.4 Å². The van der Waals surface area contributed by atoms with Gasteiger partial charge in [0.15, 0.2) is 11.5 Å². The Balaban J connectivity index is 1.42. The highest BCUT2D eigenvalue weighted by Gasteiger charge is 2.17. The van der Waals surface area contributed by atoms with Crippen molar-refractivity contribution in [3.63, 3.8) is 0 Å². The summed E-state index contributed by atoms with van der Waals surface area (Å²) in [5, 5.41) is 7.20. The zero-order valence-corrected chi connectivity index (χ0v) is 13.6. The predicted octanol–water partition coefficient (Wildman–Crippen LogP) is 3.05. The van der Waals surface area contributed by atoms with Gasteiger partial charge in [-0.1, -0.05) is 28.9 Å². The van der Waals surface area contributed by atoms with Crippen LogP contribution in [0.1, 0.15) is 16.2 Å². The number of carbonyl (C=O) groups is 1. The molecule has 0 unspecified atom stereocenters. The zero-order chi connectivity index (χ0) is 17.2. The summed E-state index contributed by atoms with van der Waals surface area (Å²) in [7, 11) is 0. The maximum absolute atomic E-state index is 12.2. The number of nitrogens with zero attached hydrogens (tertiary/aromatic N) is 2. The highest BCUT2D eigenvalue weighted by molar-refractivity contribution is 6.30. The first kappa shape index (κ1) is 15.5. The molecular weight excluding hydrogens is 346 g/mol. The average molecular weight is 358 g/mol. The van der Waals surface area contributed by atoms with E-state index in [4.69, 9.17) is 25.6 Å². The van der Waals surface area contributed by atoms with Crippen LogP contribution in [-0.2, 0) is 6.54 Å². The molecule has 2 heterocycles. The standard InChI is InChI=1S/C17H12ClN3O4/c18-12-3-1-2-10(6-12)16-20-15(25-21-16)8-19-17(22)11-4-5-13-14(7-11)24-9-23-13/h1-7H,8-9H2,(H,19,22). The molecule has 0 bridgehead atoms. The lowest BCUT2D eigenvalue weighted by molar-refractivity contribution is 0.0946. The summed E-state index contributed by atoms with van der Waals surface area (Å²) >= 11 is 5.95. The number of carbonyl (C=O) groups excluding carboxylic acids is 1. The lowest BCUT2D eigenvalue weighted by atomic mass is 10.2. The van der Waals surface area contributed by atoms with E-state index in [0.29, 0.717) is 33.8 Å². The number of hydrogen-bond acceptors (Lipinski definition) is 6. The third kappa shape index (κ3) is 3.27. The summed E-state index contributed by atoms with van der Waals surface area (Å²) < 4.78 is 15.6. The maximum atomic E-state index is 12.2. The number of hydrogen-bond donors (Lipinski definition) is 1. The van der Waals surface area contributed by atoms with Crippen molar-refractivity contribution in [2.45, 2.75) is 6.54 Å². The smallest absolute Gasteiger partial charge is 0.251 e. The molecule has 0 atom stereocenters. The molecule has 0 fully saturated rings. The number of benzene rings is 2. The van der Waals surface area contributed by atoms with E-state index in [0.717, 1.165) is 5.56 Å². The maximum Gasteiger partial charge on any atom is 0.251 e. The van der Waals surface area contributed by atoms with Crippen molar-refractivity contribution in [2.24, 2.45) is 0 Å². The van der Waals surface area contributed by atoms with Gasteiger partial charge >= 0.3 is 0 Å². The summed E-state index contributed by atoms with van der Waals surface area (Å²) in [6.45, 7) is 0.273. The fourth-order valence-electron chi connectivity index (χ4n) is 2.37. The van der Waals surface area contributed by atoms with E-state index in [-0.39, 0.29) is 19.2 Å². The van der Waals surface area contributed by atoms with Crippen molar-refractivity contribution in [3.05, 3.63) is 58.9 Å². The van der Waals surface area contributed by atoms with Crippen LogP contribution in [0, 0.1) is 0 Å². The van der Waals surface area contributed by atoms with Crippen LogP contribution in [0.15, 0.2) is 47.0 Å². The molecule has 0 spiro atoms. The molecule has 0 saturated heterocycles. The number of amides is 1. The molecule has 1 aliphatic rings. The first-order valence-corrected chi connectivity index (χ1v) is 7.83. The Morgan fingerprint density at radius 1 is 1.16 bits per heavy atom. The molecule has 1 N–H and O–H groups in total. The molecule has 0 saturated carbocycles. The molecule has 126 valence electrons. The van der Waals surface area contributed by atoms with Gasteiger partial charge in [0.2, 0.25) is 18.5 Å². The SMILES string of the molecule is O=C(NCc1nc(-c2cccc(Cl)c2)no1)c1ccc2c(c1)OCO2. The first-order valence-electron chi connectivity index (χ1n) is 7.45. The van der Waals surface area contributed by atoms with Gasteiger partial charge in [-0.25, -0.2) is 0 Å². The molecule has 0 aliphatic carbocycles. The largest absolute Gasteiger partial charge is 0.454 e. The van der Waals surface area contributed by atoms with Crippen LogP contribution < -0.4 is 14.8 Å². The van der Waals surface area contributed by atoms with Crippen molar-refractivity contribution >= 4 is 17.5 Å². The van der Waals surface area contributed by atoms with Crippen LogP contribution in [0.3, 0.4) is 0 Å². The van der Waals surface area contributed by atoms with Crippen LogP contribution in [-0.4, -0.2) is 22.8 Å². The van der Waals surface area contributed by atoms with Gasteiger partial charge in [-0.15, -0.1) is 0 Å². The highest BCUT2D eigenvalue weighted by Crippen LogP contribution is 2.32. The fourth-order valence-corrected chi connectivity index (χ4v) is 2.56. The topological polar surface area (TPSA) is 86.5 Å². The lowest BCUT2D eigenvalue weighted by Gasteiger charge is -2.03. The van der Waals surface area contributed by atoms with Gasteiger partial charge in [-0.05, 0) is 30.3 Å². The number of nitrogens with one attached hydrogen (secondary N) is 1. The second-order valence-electron chi connectivity index (χ2n) is 5.27. The Hall–Kier alpha value is -3.06. The highest BCUT2D eigenvalue weighted by atomic mass is 35.5. The third-order valence-corrected chi connectivity index (χ3v) is 3.82. The minimum absolute atomic E-state index is 0.112. The van der Waals surface area contributed by atoms with Crippen LogP contribution >= 0.6 is 11.6 Å². The molecule has 4 rings (SSSR count). The van der Waals surface area contributed by atoms with E-state index in [1.807, 2.05) is 6.07 Å². The van der Waals surface area contributed by atoms with Crippen LogP contribution in [0.25, 0.3) is 11.4 Å². The lowest BCUT2D eigenvalue weighted by Crippen LogP contribution is -2.22. The van der Waals surface area contributed by atoms with E-state index >= 15 is 0 Å². The van der Waals surface area contributed by atoms with Crippen molar-refractivity contribution in [1.29, 1.82) is 0 Å². The van der Waals surface area contributed by atoms with Crippen molar-refractivity contribution in [2.75, 3.05) is 6.79 Å². The quantitative estimate of drug-likeness (QED) is 0.772. The Kier molecular flexibility index (Phi) is 3.99. The van der Waals surface area contributed by atoms with Crippen LogP contribution in [0.2, 0.25) is 5.02 Å². The number of halogens is 1. The van der Waals surface area contributed by atoms with E-state index in [1.165, 1.54) is 0 Å². The predicted molar refractivity (Wildman–Crippen MR) is 88.5 cm³/mol. The van der Waals surface area contributed by atoms with Gasteiger partial charge in [0.05, 0.1) is 6.54 Å². The van der Waals surface area contributed by atoms with Gasteiger partial charge in [-0.2, -0.15) is 4.98 Å². The molecule has 8 heteroatoms. The summed E-state index contributed by atoms with van der Waals surface area (Å²) in [6, 6.07) is 12.1. The van der Waals surface area contributed by atoms with Crippen LogP contribution in [0.5, 0.6) is 11.5 Å². The summed E-state index contributed by atoms with van der Waals surface area (Å²) in [5.74, 6) is 1.60. The van der Waals surface area contributed by atoms with E-state index < -0.39 is 0 Å². The third-order valence-electron chi connectivity index (χ3n) is 3.59. The molecule has 1 aliphatic heterocycles. The average Bonchev–Trinajstić information content (AvgIpc) is 3.28. The molecule has 1 aromatic heterocycles. The van der Waals surface area contributed by atoms with Crippen LogP contribution in [0.4, 0.5) is 0 Å². The number of aromatic nitrogens is 2. The first-order chi connectivity index (χ1) is 12.2. The fraction of sp³-hybridized carbons (Fsp3) is 0.118.